The Labute approximate surface area is 124 Å². The van der Waals surface area contributed by atoms with E-state index in [1.54, 1.807) is 0 Å². The van der Waals surface area contributed by atoms with Gasteiger partial charge in [0.1, 0.15) is 5.52 Å². The summed E-state index contributed by atoms with van der Waals surface area (Å²) >= 11 is 0. The van der Waals surface area contributed by atoms with Gasteiger partial charge < -0.3 is 4.42 Å². The van der Waals surface area contributed by atoms with Gasteiger partial charge in [-0.2, -0.15) is 17.4 Å². The second kappa shape index (κ2) is 5.75. The van der Waals surface area contributed by atoms with E-state index in [4.69, 9.17) is 4.42 Å². The van der Waals surface area contributed by atoms with Crippen LogP contribution in [0.1, 0.15) is 30.7 Å². The van der Waals surface area contributed by atoms with E-state index in [9.17, 15) is 8.42 Å². The standard InChI is InChI=1S/C14H19N3O3S/c1-11-6-5-7-12-14(11)16-13(20-12)10-15-21(18,19)17-8-3-2-4-9-17/h5-7,15H,2-4,8-10H2,1H3. The van der Waals surface area contributed by atoms with Crippen molar-refractivity contribution in [3.8, 4) is 0 Å². The number of fused-ring (bicyclic) bond motifs is 1. The van der Waals surface area contributed by atoms with Gasteiger partial charge in [-0.25, -0.2) is 4.98 Å². The summed E-state index contributed by atoms with van der Waals surface area (Å²) in [7, 11) is -3.45. The van der Waals surface area contributed by atoms with Crippen LogP contribution >= 0.6 is 0 Å². The summed E-state index contributed by atoms with van der Waals surface area (Å²) in [6, 6.07) is 5.68. The van der Waals surface area contributed by atoms with Gasteiger partial charge in [-0.05, 0) is 31.4 Å². The lowest BCUT2D eigenvalue weighted by atomic mass is 10.2. The number of aryl methyl sites for hydroxylation is 1. The summed E-state index contributed by atoms with van der Waals surface area (Å²) in [6.07, 6.45) is 2.93. The molecular formula is C14H19N3O3S. The summed E-state index contributed by atoms with van der Waals surface area (Å²) < 4.78 is 34.0. The first-order valence-corrected chi connectivity index (χ1v) is 8.60. The maximum atomic E-state index is 12.2. The molecule has 0 bridgehead atoms. The SMILES string of the molecule is Cc1cccc2oc(CNS(=O)(=O)N3CCCCC3)nc12. The smallest absolute Gasteiger partial charge is 0.279 e. The van der Waals surface area contributed by atoms with Crippen LogP contribution in [0, 0.1) is 6.92 Å². The first-order valence-electron chi connectivity index (χ1n) is 7.16. The van der Waals surface area contributed by atoms with Crippen LogP contribution in [0.2, 0.25) is 0 Å². The van der Waals surface area contributed by atoms with Gasteiger partial charge in [0, 0.05) is 13.1 Å². The second-order valence-electron chi connectivity index (χ2n) is 5.32. The van der Waals surface area contributed by atoms with Crippen molar-refractivity contribution < 1.29 is 12.8 Å². The molecule has 0 radical (unpaired) electrons. The van der Waals surface area contributed by atoms with Gasteiger partial charge in [0.2, 0.25) is 5.89 Å². The quantitative estimate of drug-likeness (QED) is 0.936. The molecule has 1 aliphatic rings. The van der Waals surface area contributed by atoms with Gasteiger partial charge in [-0.3, -0.25) is 0 Å². The number of rotatable bonds is 4. The molecule has 21 heavy (non-hydrogen) atoms. The van der Waals surface area contributed by atoms with Gasteiger partial charge in [0.05, 0.1) is 6.54 Å². The molecule has 114 valence electrons. The van der Waals surface area contributed by atoms with E-state index >= 15 is 0 Å². The fourth-order valence-corrected chi connectivity index (χ4v) is 3.78. The Morgan fingerprint density at radius 2 is 2.05 bits per heavy atom. The minimum atomic E-state index is -3.45. The molecule has 3 rings (SSSR count). The van der Waals surface area contributed by atoms with Crippen molar-refractivity contribution in [3.05, 3.63) is 29.7 Å². The van der Waals surface area contributed by atoms with E-state index in [2.05, 4.69) is 9.71 Å². The maximum Gasteiger partial charge on any atom is 0.279 e. The van der Waals surface area contributed by atoms with Crippen molar-refractivity contribution in [1.29, 1.82) is 0 Å². The number of aromatic nitrogens is 1. The molecule has 1 fully saturated rings. The van der Waals surface area contributed by atoms with E-state index in [0.717, 1.165) is 30.3 Å². The molecule has 7 heteroatoms. The van der Waals surface area contributed by atoms with Crippen LogP contribution in [0.25, 0.3) is 11.1 Å². The average Bonchev–Trinajstić information content (AvgIpc) is 2.91. The largest absolute Gasteiger partial charge is 0.439 e. The fourth-order valence-electron chi connectivity index (χ4n) is 2.56. The van der Waals surface area contributed by atoms with Crippen LogP contribution in [-0.4, -0.2) is 30.8 Å². The zero-order valence-electron chi connectivity index (χ0n) is 12.0. The monoisotopic (exact) mass is 309 g/mol. The minimum Gasteiger partial charge on any atom is -0.439 e. The van der Waals surface area contributed by atoms with Crippen LogP contribution in [0.3, 0.4) is 0 Å². The van der Waals surface area contributed by atoms with Crippen LogP contribution in [0.4, 0.5) is 0 Å². The lowest BCUT2D eigenvalue weighted by Gasteiger charge is -2.25. The van der Waals surface area contributed by atoms with E-state index in [0.29, 0.717) is 24.6 Å². The third-order valence-electron chi connectivity index (χ3n) is 3.73. The van der Waals surface area contributed by atoms with Gasteiger partial charge in [-0.15, -0.1) is 0 Å². The highest BCUT2D eigenvalue weighted by molar-refractivity contribution is 7.87. The number of para-hydroxylation sites is 1. The Bertz CT molecular complexity index is 733. The van der Waals surface area contributed by atoms with E-state index < -0.39 is 10.2 Å². The highest BCUT2D eigenvalue weighted by atomic mass is 32.2. The lowest BCUT2D eigenvalue weighted by Crippen LogP contribution is -2.43. The highest BCUT2D eigenvalue weighted by Gasteiger charge is 2.24. The number of oxazole rings is 1. The lowest BCUT2D eigenvalue weighted by molar-refractivity contribution is 0.340. The fraction of sp³-hybridized carbons (Fsp3) is 0.500. The highest BCUT2D eigenvalue weighted by Crippen LogP contribution is 2.19. The molecule has 0 aliphatic carbocycles. The van der Waals surface area contributed by atoms with Crippen molar-refractivity contribution in [3.63, 3.8) is 0 Å². The molecule has 0 atom stereocenters. The van der Waals surface area contributed by atoms with Crippen molar-refractivity contribution in [2.45, 2.75) is 32.7 Å². The summed E-state index contributed by atoms with van der Waals surface area (Å²) in [5.74, 6) is 0.389. The molecule has 1 N–H and O–H groups in total. The van der Waals surface area contributed by atoms with E-state index in [1.807, 2.05) is 25.1 Å². The summed E-state index contributed by atoms with van der Waals surface area (Å²) in [4.78, 5) is 4.35. The first-order chi connectivity index (χ1) is 10.1. The predicted molar refractivity (Wildman–Crippen MR) is 79.9 cm³/mol. The molecular weight excluding hydrogens is 290 g/mol. The number of hydrogen-bond donors (Lipinski definition) is 1. The van der Waals surface area contributed by atoms with Gasteiger partial charge >= 0.3 is 0 Å². The average molecular weight is 309 g/mol. The molecule has 0 amide bonds. The molecule has 0 saturated carbocycles. The van der Waals surface area contributed by atoms with Gasteiger partial charge in [0.25, 0.3) is 10.2 Å². The molecule has 1 aromatic carbocycles. The van der Waals surface area contributed by atoms with Gasteiger partial charge in [-0.1, -0.05) is 18.6 Å². The zero-order valence-corrected chi connectivity index (χ0v) is 12.8. The topological polar surface area (TPSA) is 75.4 Å². The number of benzene rings is 1. The third kappa shape index (κ3) is 3.09. The molecule has 2 aromatic rings. The maximum absolute atomic E-state index is 12.2. The van der Waals surface area contributed by atoms with Crippen LogP contribution in [0.5, 0.6) is 0 Å². The van der Waals surface area contributed by atoms with Crippen LogP contribution in [-0.2, 0) is 16.8 Å². The Morgan fingerprint density at radius 1 is 1.29 bits per heavy atom. The van der Waals surface area contributed by atoms with E-state index in [1.165, 1.54) is 4.31 Å². The number of hydrogen-bond acceptors (Lipinski definition) is 4. The zero-order chi connectivity index (χ0) is 14.9. The number of piperidine rings is 1. The van der Waals surface area contributed by atoms with Crippen molar-refractivity contribution in [2.75, 3.05) is 13.1 Å². The van der Waals surface area contributed by atoms with Crippen LogP contribution in [0.15, 0.2) is 22.6 Å². The Morgan fingerprint density at radius 3 is 2.76 bits per heavy atom. The minimum absolute atomic E-state index is 0.0763. The summed E-state index contributed by atoms with van der Waals surface area (Å²) in [5, 5.41) is 0. The normalized spacial score (nSPS) is 17.4. The Kier molecular flexibility index (Phi) is 3.97. The van der Waals surface area contributed by atoms with Crippen LogP contribution < -0.4 is 4.72 Å². The summed E-state index contributed by atoms with van der Waals surface area (Å²) in [5.41, 5.74) is 2.48. The molecule has 1 saturated heterocycles. The number of nitrogens with zero attached hydrogens (tertiary/aromatic N) is 2. The Hall–Kier alpha value is -1.44. The van der Waals surface area contributed by atoms with Crippen molar-refractivity contribution in [1.82, 2.24) is 14.0 Å². The predicted octanol–water partition coefficient (Wildman–Crippen LogP) is 1.96. The molecule has 0 unspecified atom stereocenters. The molecule has 1 aromatic heterocycles. The van der Waals surface area contributed by atoms with Gasteiger partial charge in [0.15, 0.2) is 5.58 Å². The number of nitrogens with one attached hydrogen (secondary N) is 1. The molecule has 1 aliphatic heterocycles. The molecule has 0 spiro atoms. The van der Waals surface area contributed by atoms with E-state index in [-0.39, 0.29) is 6.54 Å². The molecule has 6 nitrogen and oxygen atoms in total. The molecule has 2 heterocycles. The second-order valence-corrected chi connectivity index (χ2v) is 7.07. The third-order valence-corrected chi connectivity index (χ3v) is 5.28. The first kappa shape index (κ1) is 14.5. The Balaban J connectivity index is 1.72. The van der Waals surface area contributed by atoms with Crippen molar-refractivity contribution >= 4 is 21.3 Å². The van der Waals surface area contributed by atoms with Crippen molar-refractivity contribution in [2.24, 2.45) is 0 Å². The summed E-state index contributed by atoms with van der Waals surface area (Å²) in [6.45, 7) is 3.20.